The Morgan fingerprint density at radius 3 is 2.60 bits per heavy atom. The Hall–Kier alpha value is -2.45. The quantitative estimate of drug-likeness (QED) is 0.738. The third kappa shape index (κ3) is 2.46. The number of nitrogen functional groups attached to an aromatic ring is 2. The molecule has 0 atom stereocenters. The minimum Gasteiger partial charge on any atom is -0.397 e. The van der Waals surface area contributed by atoms with Crippen molar-refractivity contribution < 1.29 is 4.39 Å². The molecule has 2 aromatic carbocycles. The lowest BCUT2D eigenvalue weighted by Gasteiger charge is -2.14. The predicted molar refractivity (Wildman–Crippen MR) is 79.4 cm³/mol. The molecule has 2 rings (SSSR count). The van der Waals surface area contributed by atoms with Crippen LogP contribution in [-0.2, 0) is 0 Å². The molecule has 0 spiro atoms. The topological polar surface area (TPSA) is 87.9 Å². The van der Waals surface area contributed by atoms with E-state index >= 15 is 0 Å². The van der Waals surface area contributed by atoms with Gasteiger partial charge in [-0.2, -0.15) is 5.26 Å². The molecular weight excluding hydrogens is 279 g/mol. The SMILES string of the molecule is Cc1ccc(C#N)cc1Nc1c(N)cc(N)c(Cl)c1F. The summed E-state index contributed by atoms with van der Waals surface area (Å²) in [4.78, 5) is 0. The average Bonchev–Trinajstić information content (AvgIpc) is 2.43. The number of nitriles is 1. The van der Waals surface area contributed by atoms with E-state index in [0.717, 1.165) is 5.56 Å². The smallest absolute Gasteiger partial charge is 0.169 e. The fraction of sp³-hybridized carbons (Fsp3) is 0.0714. The van der Waals surface area contributed by atoms with Crippen molar-refractivity contribution >= 4 is 34.4 Å². The summed E-state index contributed by atoms with van der Waals surface area (Å²) in [5.74, 6) is -0.717. The molecular formula is C14H12ClFN4. The van der Waals surface area contributed by atoms with Crippen LogP contribution in [0.5, 0.6) is 0 Å². The highest BCUT2D eigenvalue weighted by molar-refractivity contribution is 6.33. The maximum atomic E-state index is 14.1. The fourth-order valence-electron chi connectivity index (χ4n) is 1.75. The first-order valence-electron chi connectivity index (χ1n) is 5.74. The van der Waals surface area contributed by atoms with Gasteiger partial charge in [0, 0.05) is 5.69 Å². The Kier molecular flexibility index (Phi) is 3.68. The number of aryl methyl sites for hydroxylation is 1. The van der Waals surface area contributed by atoms with Crippen molar-refractivity contribution in [1.29, 1.82) is 5.26 Å². The normalized spacial score (nSPS) is 10.1. The molecule has 0 aliphatic heterocycles. The van der Waals surface area contributed by atoms with E-state index in [4.69, 9.17) is 28.3 Å². The summed E-state index contributed by atoms with van der Waals surface area (Å²) < 4.78 is 14.1. The van der Waals surface area contributed by atoms with E-state index in [0.29, 0.717) is 11.3 Å². The van der Waals surface area contributed by atoms with E-state index in [1.165, 1.54) is 6.07 Å². The van der Waals surface area contributed by atoms with Gasteiger partial charge in [-0.1, -0.05) is 17.7 Å². The van der Waals surface area contributed by atoms with Crippen LogP contribution in [0, 0.1) is 24.1 Å². The second-order valence-electron chi connectivity index (χ2n) is 4.32. The van der Waals surface area contributed by atoms with E-state index < -0.39 is 5.82 Å². The van der Waals surface area contributed by atoms with Gasteiger partial charge < -0.3 is 16.8 Å². The van der Waals surface area contributed by atoms with Gasteiger partial charge in [0.2, 0.25) is 0 Å². The maximum Gasteiger partial charge on any atom is 0.169 e. The summed E-state index contributed by atoms with van der Waals surface area (Å²) in [6, 6.07) is 8.45. The minimum absolute atomic E-state index is 0.0439. The third-order valence-corrected chi connectivity index (χ3v) is 3.28. The molecule has 0 unspecified atom stereocenters. The number of hydrogen-bond donors (Lipinski definition) is 3. The highest BCUT2D eigenvalue weighted by Crippen LogP contribution is 2.36. The molecule has 0 bridgehead atoms. The molecule has 0 aromatic heterocycles. The van der Waals surface area contributed by atoms with Crippen molar-refractivity contribution in [3.63, 3.8) is 0 Å². The monoisotopic (exact) mass is 290 g/mol. The molecule has 0 heterocycles. The first-order valence-corrected chi connectivity index (χ1v) is 6.12. The van der Waals surface area contributed by atoms with Crippen LogP contribution in [0.2, 0.25) is 5.02 Å². The van der Waals surface area contributed by atoms with Gasteiger partial charge in [-0.25, -0.2) is 4.39 Å². The second-order valence-corrected chi connectivity index (χ2v) is 4.70. The average molecular weight is 291 g/mol. The van der Waals surface area contributed by atoms with Crippen LogP contribution >= 0.6 is 11.6 Å². The molecule has 2 aromatic rings. The second kappa shape index (κ2) is 5.27. The van der Waals surface area contributed by atoms with Gasteiger partial charge in [-0.05, 0) is 30.7 Å². The van der Waals surface area contributed by atoms with Gasteiger partial charge in [0.15, 0.2) is 5.82 Å². The minimum atomic E-state index is -0.717. The van der Waals surface area contributed by atoms with E-state index in [9.17, 15) is 4.39 Å². The standard InChI is InChI=1S/C14H12ClFN4/c1-7-2-3-8(6-17)4-11(7)20-14-10(19)5-9(18)12(15)13(14)16/h2-5,20H,18-19H2,1H3. The van der Waals surface area contributed by atoms with Crippen LogP contribution in [-0.4, -0.2) is 0 Å². The summed E-state index contributed by atoms with van der Waals surface area (Å²) in [5, 5.41) is 11.6. The van der Waals surface area contributed by atoms with E-state index in [2.05, 4.69) is 5.32 Å². The van der Waals surface area contributed by atoms with Crippen LogP contribution < -0.4 is 16.8 Å². The third-order valence-electron chi connectivity index (χ3n) is 2.89. The number of anilines is 4. The molecule has 0 amide bonds. The summed E-state index contributed by atoms with van der Waals surface area (Å²) >= 11 is 5.77. The van der Waals surface area contributed by atoms with Crippen molar-refractivity contribution in [2.45, 2.75) is 6.92 Å². The number of nitrogens with two attached hydrogens (primary N) is 2. The van der Waals surface area contributed by atoms with Gasteiger partial charge in [0.05, 0.1) is 28.7 Å². The van der Waals surface area contributed by atoms with Gasteiger partial charge in [0.25, 0.3) is 0 Å². The van der Waals surface area contributed by atoms with Crippen LogP contribution in [0.15, 0.2) is 24.3 Å². The largest absolute Gasteiger partial charge is 0.397 e. The number of halogens is 2. The number of rotatable bonds is 2. The highest BCUT2D eigenvalue weighted by atomic mass is 35.5. The van der Waals surface area contributed by atoms with Crippen LogP contribution in [0.4, 0.5) is 27.1 Å². The number of benzene rings is 2. The van der Waals surface area contributed by atoms with Crippen LogP contribution in [0.25, 0.3) is 0 Å². The Bertz CT molecular complexity index is 722. The first-order chi connectivity index (χ1) is 9.43. The molecule has 0 fully saturated rings. The van der Waals surface area contributed by atoms with Crippen molar-refractivity contribution in [3.05, 3.63) is 46.2 Å². The van der Waals surface area contributed by atoms with Crippen LogP contribution in [0.3, 0.4) is 0 Å². The van der Waals surface area contributed by atoms with Gasteiger partial charge in [-0.15, -0.1) is 0 Å². The molecule has 4 nitrogen and oxygen atoms in total. The van der Waals surface area contributed by atoms with Gasteiger partial charge in [-0.3, -0.25) is 0 Å². The van der Waals surface area contributed by atoms with Crippen molar-refractivity contribution in [1.82, 2.24) is 0 Å². The number of nitrogens with one attached hydrogen (secondary N) is 1. The Morgan fingerprint density at radius 1 is 1.25 bits per heavy atom. The zero-order chi connectivity index (χ0) is 14.9. The Balaban J connectivity index is 2.51. The van der Waals surface area contributed by atoms with Crippen molar-refractivity contribution in [2.24, 2.45) is 0 Å². The van der Waals surface area contributed by atoms with Gasteiger partial charge >= 0.3 is 0 Å². The lowest BCUT2D eigenvalue weighted by molar-refractivity contribution is 0.633. The molecule has 0 aliphatic carbocycles. The summed E-state index contributed by atoms with van der Waals surface area (Å²) in [6.45, 7) is 1.83. The first kappa shape index (κ1) is 14.0. The number of nitrogens with zero attached hydrogens (tertiary/aromatic N) is 1. The molecule has 6 heteroatoms. The zero-order valence-electron chi connectivity index (χ0n) is 10.7. The summed E-state index contributed by atoms with van der Waals surface area (Å²) in [5.41, 5.74) is 13.4. The summed E-state index contributed by atoms with van der Waals surface area (Å²) in [6.07, 6.45) is 0. The Morgan fingerprint density at radius 2 is 1.95 bits per heavy atom. The molecule has 20 heavy (non-hydrogen) atoms. The predicted octanol–water partition coefficient (Wildman–Crippen LogP) is 3.57. The fourth-order valence-corrected chi connectivity index (χ4v) is 1.90. The van der Waals surface area contributed by atoms with Crippen LogP contribution in [0.1, 0.15) is 11.1 Å². The zero-order valence-corrected chi connectivity index (χ0v) is 11.4. The van der Waals surface area contributed by atoms with E-state index in [-0.39, 0.29) is 22.1 Å². The van der Waals surface area contributed by atoms with Crippen molar-refractivity contribution in [2.75, 3.05) is 16.8 Å². The summed E-state index contributed by atoms with van der Waals surface area (Å²) in [7, 11) is 0. The van der Waals surface area contributed by atoms with E-state index in [1.54, 1.807) is 18.2 Å². The molecule has 102 valence electrons. The number of hydrogen-bond acceptors (Lipinski definition) is 4. The Labute approximate surface area is 120 Å². The lowest BCUT2D eigenvalue weighted by Crippen LogP contribution is -2.03. The molecule has 0 radical (unpaired) electrons. The molecule has 0 aliphatic rings. The molecule has 5 N–H and O–H groups in total. The maximum absolute atomic E-state index is 14.1. The lowest BCUT2D eigenvalue weighted by atomic mass is 10.1. The van der Waals surface area contributed by atoms with E-state index in [1.807, 2.05) is 13.0 Å². The molecule has 0 saturated heterocycles. The highest BCUT2D eigenvalue weighted by Gasteiger charge is 2.15. The molecule has 0 saturated carbocycles. The van der Waals surface area contributed by atoms with Gasteiger partial charge in [0.1, 0.15) is 5.02 Å². The van der Waals surface area contributed by atoms with Crippen molar-refractivity contribution in [3.8, 4) is 6.07 Å².